The molecule has 0 saturated heterocycles. The van der Waals surface area contributed by atoms with Gasteiger partial charge in [-0.25, -0.2) is 9.97 Å². The summed E-state index contributed by atoms with van der Waals surface area (Å²) < 4.78 is 1.76. The minimum atomic E-state index is 0.707. The summed E-state index contributed by atoms with van der Waals surface area (Å²) in [5.41, 5.74) is 4.13. The Kier molecular flexibility index (Phi) is 3.72. The van der Waals surface area contributed by atoms with Crippen LogP contribution in [0.3, 0.4) is 0 Å². The lowest BCUT2D eigenvalue weighted by atomic mass is 10.1. The number of hydrogen-bond acceptors (Lipinski definition) is 4. The van der Waals surface area contributed by atoms with Gasteiger partial charge in [-0.15, -0.1) is 0 Å². The van der Waals surface area contributed by atoms with Crippen LogP contribution < -0.4 is 5.32 Å². The predicted molar refractivity (Wildman–Crippen MR) is 71.3 cm³/mol. The number of nitrogens with one attached hydrogen (secondary N) is 1. The Balaban J connectivity index is 2.36. The maximum absolute atomic E-state index is 4.56. The molecule has 0 aliphatic heterocycles. The molecule has 2 aromatic heterocycles. The van der Waals surface area contributed by atoms with Crippen molar-refractivity contribution >= 4 is 0 Å². The first-order valence-corrected chi connectivity index (χ1v) is 6.10. The third-order valence-electron chi connectivity index (χ3n) is 2.99. The smallest absolute Gasteiger partial charge is 0.180 e. The van der Waals surface area contributed by atoms with Gasteiger partial charge in [0.1, 0.15) is 5.69 Å². The van der Waals surface area contributed by atoms with Gasteiger partial charge in [0.2, 0.25) is 0 Å². The average Bonchev–Trinajstić information content (AvgIpc) is 2.75. The first-order chi connectivity index (χ1) is 8.61. The lowest BCUT2D eigenvalue weighted by Crippen LogP contribution is -2.13. The maximum Gasteiger partial charge on any atom is 0.180 e. The van der Waals surface area contributed by atoms with Crippen molar-refractivity contribution < 1.29 is 0 Å². The Morgan fingerprint density at radius 2 is 1.89 bits per heavy atom. The molecule has 2 rings (SSSR count). The molecule has 1 N–H and O–H groups in total. The van der Waals surface area contributed by atoms with E-state index >= 15 is 0 Å². The molecule has 2 heterocycles. The molecule has 0 spiro atoms. The van der Waals surface area contributed by atoms with Gasteiger partial charge in [0.15, 0.2) is 5.82 Å². The van der Waals surface area contributed by atoms with Crippen molar-refractivity contribution in [3.8, 4) is 11.5 Å². The van der Waals surface area contributed by atoms with Crippen LogP contribution in [-0.2, 0) is 13.5 Å². The Morgan fingerprint density at radius 1 is 1.22 bits per heavy atom. The fourth-order valence-corrected chi connectivity index (χ4v) is 2.00. The SMILES string of the molecule is CNCCc1c(C)nc(-c2ccn(C)n2)nc1C. The molecule has 0 saturated carbocycles. The van der Waals surface area contributed by atoms with Gasteiger partial charge < -0.3 is 5.32 Å². The van der Waals surface area contributed by atoms with Gasteiger partial charge in [0.25, 0.3) is 0 Å². The Morgan fingerprint density at radius 3 is 2.39 bits per heavy atom. The number of rotatable bonds is 4. The second-order valence-corrected chi connectivity index (χ2v) is 4.42. The zero-order chi connectivity index (χ0) is 13.1. The molecule has 0 radical (unpaired) electrons. The maximum atomic E-state index is 4.56. The van der Waals surface area contributed by atoms with Crippen LogP contribution in [0.2, 0.25) is 0 Å². The van der Waals surface area contributed by atoms with Gasteiger partial charge >= 0.3 is 0 Å². The summed E-state index contributed by atoms with van der Waals surface area (Å²) in [6, 6.07) is 1.93. The van der Waals surface area contributed by atoms with Crippen LogP contribution in [0.4, 0.5) is 0 Å². The minimum Gasteiger partial charge on any atom is -0.319 e. The monoisotopic (exact) mass is 245 g/mol. The zero-order valence-electron chi connectivity index (χ0n) is 11.4. The van der Waals surface area contributed by atoms with Crippen molar-refractivity contribution in [2.75, 3.05) is 13.6 Å². The van der Waals surface area contributed by atoms with Gasteiger partial charge in [0.05, 0.1) is 0 Å². The van der Waals surface area contributed by atoms with E-state index in [0.717, 1.165) is 30.0 Å². The second-order valence-electron chi connectivity index (χ2n) is 4.42. The molecule has 96 valence electrons. The molecular formula is C13H19N5. The largest absolute Gasteiger partial charge is 0.319 e. The lowest BCUT2D eigenvalue weighted by Gasteiger charge is -2.09. The molecular weight excluding hydrogens is 226 g/mol. The highest BCUT2D eigenvalue weighted by Gasteiger charge is 2.11. The molecule has 0 aromatic carbocycles. The van der Waals surface area contributed by atoms with E-state index in [0.29, 0.717) is 5.82 Å². The normalized spacial score (nSPS) is 10.9. The quantitative estimate of drug-likeness (QED) is 0.881. The summed E-state index contributed by atoms with van der Waals surface area (Å²) in [7, 11) is 3.85. The molecule has 0 aliphatic rings. The van der Waals surface area contributed by atoms with E-state index in [1.54, 1.807) is 4.68 Å². The molecule has 0 amide bonds. The van der Waals surface area contributed by atoms with E-state index in [1.807, 2.05) is 40.2 Å². The van der Waals surface area contributed by atoms with Crippen molar-refractivity contribution in [2.45, 2.75) is 20.3 Å². The summed E-state index contributed by atoms with van der Waals surface area (Å²) in [6.45, 7) is 5.01. The van der Waals surface area contributed by atoms with Crippen molar-refractivity contribution in [1.82, 2.24) is 25.1 Å². The fraction of sp³-hybridized carbons (Fsp3) is 0.462. The van der Waals surface area contributed by atoms with Crippen LogP contribution >= 0.6 is 0 Å². The van der Waals surface area contributed by atoms with Crippen molar-refractivity contribution in [3.63, 3.8) is 0 Å². The van der Waals surface area contributed by atoms with E-state index in [-0.39, 0.29) is 0 Å². The van der Waals surface area contributed by atoms with Crippen LogP contribution in [0.1, 0.15) is 17.0 Å². The number of aryl methyl sites for hydroxylation is 3. The Bertz CT molecular complexity index is 521. The summed E-state index contributed by atoms with van der Waals surface area (Å²) in [5.74, 6) is 0.707. The van der Waals surface area contributed by atoms with Crippen molar-refractivity contribution in [1.29, 1.82) is 0 Å². The number of aromatic nitrogens is 4. The highest BCUT2D eigenvalue weighted by molar-refractivity contribution is 5.49. The second kappa shape index (κ2) is 5.27. The van der Waals surface area contributed by atoms with Gasteiger partial charge in [-0.1, -0.05) is 0 Å². The average molecular weight is 245 g/mol. The molecule has 0 atom stereocenters. The summed E-state index contributed by atoms with van der Waals surface area (Å²) in [4.78, 5) is 9.11. The molecule has 0 fully saturated rings. The van der Waals surface area contributed by atoms with Crippen LogP contribution in [-0.4, -0.2) is 33.3 Å². The molecule has 0 unspecified atom stereocenters. The van der Waals surface area contributed by atoms with E-state index < -0.39 is 0 Å². The molecule has 18 heavy (non-hydrogen) atoms. The Labute approximate surface area is 107 Å². The summed E-state index contributed by atoms with van der Waals surface area (Å²) >= 11 is 0. The lowest BCUT2D eigenvalue weighted by molar-refractivity contribution is 0.763. The molecule has 5 heteroatoms. The standard InChI is InChI=1S/C13H19N5/c1-9-11(5-7-14-3)10(2)16-13(15-9)12-6-8-18(4)17-12/h6,8,14H,5,7H2,1-4H3. The number of likely N-dealkylation sites (N-methyl/N-ethyl adjacent to an activating group) is 1. The summed E-state index contributed by atoms with van der Waals surface area (Å²) in [6.07, 6.45) is 2.86. The minimum absolute atomic E-state index is 0.707. The van der Waals surface area contributed by atoms with E-state index in [1.165, 1.54) is 5.56 Å². The highest BCUT2D eigenvalue weighted by Crippen LogP contribution is 2.17. The zero-order valence-corrected chi connectivity index (χ0v) is 11.4. The van der Waals surface area contributed by atoms with Gasteiger partial charge in [0, 0.05) is 24.6 Å². The van der Waals surface area contributed by atoms with Gasteiger partial charge in [-0.3, -0.25) is 4.68 Å². The third-order valence-corrected chi connectivity index (χ3v) is 2.99. The van der Waals surface area contributed by atoms with Crippen molar-refractivity contribution in [3.05, 3.63) is 29.2 Å². The third kappa shape index (κ3) is 2.56. The van der Waals surface area contributed by atoms with Gasteiger partial charge in [-0.05, 0) is 45.5 Å². The molecule has 0 bridgehead atoms. The number of nitrogens with zero attached hydrogens (tertiary/aromatic N) is 4. The molecule has 2 aromatic rings. The fourth-order valence-electron chi connectivity index (χ4n) is 2.00. The van der Waals surface area contributed by atoms with Crippen molar-refractivity contribution in [2.24, 2.45) is 7.05 Å². The van der Waals surface area contributed by atoms with E-state index in [2.05, 4.69) is 20.4 Å². The first-order valence-electron chi connectivity index (χ1n) is 6.10. The van der Waals surface area contributed by atoms with E-state index in [4.69, 9.17) is 0 Å². The van der Waals surface area contributed by atoms with Crippen LogP contribution in [0.25, 0.3) is 11.5 Å². The van der Waals surface area contributed by atoms with Crippen LogP contribution in [0.5, 0.6) is 0 Å². The van der Waals surface area contributed by atoms with Crippen LogP contribution in [0, 0.1) is 13.8 Å². The first kappa shape index (κ1) is 12.7. The van der Waals surface area contributed by atoms with Crippen LogP contribution in [0.15, 0.2) is 12.3 Å². The summed E-state index contributed by atoms with van der Waals surface area (Å²) in [5, 5.41) is 7.48. The molecule has 0 aliphatic carbocycles. The van der Waals surface area contributed by atoms with E-state index in [9.17, 15) is 0 Å². The Hall–Kier alpha value is -1.75. The topological polar surface area (TPSA) is 55.6 Å². The number of hydrogen-bond donors (Lipinski definition) is 1. The highest BCUT2D eigenvalue weighted by atomic mass is 15.3. The van der Waals surface area contributed by atoms with Gasteiger partial charge in [-0.2, -0.15) is 5.10 Å². The molecule has 5 nitrogen and oxygen atoms in total. The predicted octanol–water partition coefficient (Wildman–Crippen LogP) is 1.26.